The van der Waals surface area contributed by atoms with Crippen LogP contribution in [0.15, 0.2) is 18.6 Å². The van der Waals surface area contributed by atoms with E-state index in [1.165, 1.54) is 0 Å². The molecule has 0 unspecified atom stereocenters. The molecule has 2 atom stereocenters. The van der Waals surface area contributed by atoms with Gasteiger partial charge in [-0.15, -0.1) is 0 Å². The zero-order chi connectivity index (χ0) is 18.9. The molecule has 1 aromatic heterocycles. The number of rotatable bonds is 4. The summed E-state index contributed by atoms with van der Waals surface area (Å²) < 4.78 is 0. The fraction of sp³-hybridized carbons (Fsp3) is 0.700. The van der Waals surface area contributed by atoms with Crippen LogP contribution in [0.3, 0.4) is 0 Å². The Bertz CT molecular complexity index is 690. The van der Waals surface area contributed by atoms with Gasteiger partial charge in [-0.1, -0.05) is 12.8 Å². The van der Waals surface area contributed by atoms with Crippen molar-refractivity contribution in [3.05, 3.63) is 18.6 Å². The number of nitrogens with one attached hydrogen (secondary N) is 1. The molecule has 0 aromatic carbocycles. The average molecular weight is 372 g/mol. The highest BCUT2D eigenvalue weighted by molar-refractivity contribution is 5.83. The first-order valence-corrected chi connectivity index (χ1v) is 10.2. The number of hydrogen-bond acceptors (Lipinski definition) is 5. The minimum Gasteiger partial charge on any atom is -0.481 e. The molecule has 1 aliphatic heterocycles. The molecule has 0 radical (unpaired) electrons. The number of likely N-dealkylation sites (tertiary alicyclic amines) is 1. The van der Waals surface area contributed by atoms with Crippen LogP contribution in [0.25, 0.3) is 0 Å². The van der Waals surface area contributed by atoms with Crippen molar-refractivity contribution in [3.8, 4) is 0 Å². The van der Waals surface area contributed by atoms with E-state index in [4.69, 9.17) is 0 Å². The summed E-state index contributed by atoms with van der Waals surface area (Å²) in [6.45, 7) is 0.605. The summed E-state index contributed by atoms with van der Waals surface area (Å²) >= 11 is 0. The number of aromatic nitrogens is 2. The third-order valence-electron chi connectivity index (χ3n) is 6.86. The van der Waals surface area contributed by atoms with Gasteiger partial charge in [0, 0.05) is 36.9 Å². The number of amides is 1. The van der Waals surface area contributed by atoms with Crippen LogP contribution < -0.4 is 5.32 Å². The topological polar surface area (TPSA) is 95.4 Å². The van der Waals surface area contributed by atoms with Crippen LogP contribution in [0.5, 0.6) is 0 Å². The second kappa shape index (κ2) is 7.44. The molecule has 27 heavy (non-hydrogen) atoms. The maximum atomic E-state index is 13.2. The summed E-state index contributed by atoms with van der Waals surface area (Å²) in [5.74, 6) is 0.277. The molecule has 7 heteroatoms. The monoisotopic (exact) mass is 372 g/mol. The first-order chi connectivity index (χ1) is 13.1. The molecule has 146 valence electrons. The van der Waals surface area contributed by atoms with E-state index >= 15 is 0 Å². The zero-order valence-corrected chi connectivity index (χ0v) is 15.6. The van der Waals surface area contributed by atoms with Crippen LogP contribution in [-0.2, 0) is 9.59 Å². The number of anilines is 1. The molecule has 1 saturated heterocycles. The van der Waals surface area contributed by atoms with Crippen molar-refractivity contribution < 1.29 is 14.7 Å². The van der Waals surface area contributed by atoms with Crippen molar-refractivity contribution in [2.75, 3.05) is 11.9 Å². The molecular formula is C20H28N4O3. The van der Waals surface area contributed by atoms with Crippen molar-refractivity contribution in [2.45, 2.75) is 69.9 Å². The maximum absolute atomic E-state index is 13.2. The van der Waals surface area contributed by atoms with E-state index in [0.29, 0.717) is 25.4 Å². The van der Waals surface area contributed by atoms with Gasteiger partial charge in [-0.2, -0.15) is 0 Å². The van der Waals surface area contributed by atoms with Gasteiger partial charge in [0.1, 0.15) is 5.82 Å². The Balaban J connectivity index is 1.36. The van der Waals surface area contributed by atoms with E-state index in [1.54, 1.807) is 18.6 Å². The Morgan fingerprint density at radius 1 is 1.11 bits per heavy atom. The minimum absolute atomic E-state index is 0.0245. The first-order valence-electron chi connectivity index (χ1n) is 10.2. The Morgan fingerprint density at radius 2 is 1.93 bits per heavy atom. The highest BCUT2D eigenvalue weighted by Gasteiger charge is 2.55. The van der Waals surface area contributed by atoms with Crippen molar-refractivity contribution >= 4 is 17.7 Å². The van der Waals surface area contributed by atoms with Crippen molar-refractivity contribution in [3.63, 3.8) is 0 Å². The third kappa shape index (κ3) is 3.39. The molecular weight excluding hydrogens is 344 g/mol. The summed E-state index contributed by atoms with van der Waals surface area (Å²) in [7, 11) is 0. The molecule has 2 saturated carbocycles. The summed E-state index contributed by atoms with van der Waals surface area (Å²) in [6, 6.07) is 0.212. The highest BCUT2D eigenvalue weighted by atomic mass is 16.4. The van der Waals surface area contributed by atoms with Crippen molar-refractivity contribution in [2.24, 2.45) is 11.3 Å². The lowest BCUT2D eigenvalue weighted by Crippen LogP contribution is -2.50. The van der Waals surface area contributed by atoms with Crippen molar-refractivity contribution in [1.29, 1.82) is 0 Å². The second-order valence-electron chi connectivity index (χ2n) is 8.29. The van der Waals surface area contributed by atoms with E-state index in [1.807, 2.05) is 4.90 Å². The SMILES string of the molecule is O=C(C1CCC(Nc2cnccn2)CC1)N1CC[C@]2(C(=O)O)CCCC[C@H]12. The van der Waals surface area contributed by atoms with E-state index in [9.17, 15) is 14.7 Å². The zero-order valence-electron chi connectivity index (χ0n) is 15.6. The fourth-order valence-corrected chi connectivity index (χ4v) is 5.36. The summed E-state index contributed by atoms with van der Waals surface area (Å²) in [5.41, 5.74) is -0.696. The quantitative estimate of drug-likeness (QED) is 0.844. The van der Waals surface area contributed by atoms with E-state index in [2.05, 4.69) is 15.3 Å². The van der Waals surface area contributed by atoms with Crippen LogP contribution in [0, 0.1) is 11.3 Å². The van der Waals surface area contributed by atoms with Gasteiger partial charge in [0.05, 0.1) is 11.6 Å². The Morgan fingerprint density at radius 3 is 2.63 bits per heavy atom. The minimum atomic E-state index is -0.709. The average Bonchev–Trinajstić information content (AvgIpc) is 3.10. The van der Waals surface area contributed by atoms with E-state index in [0.717, 1.165) is 50.8 Å². The molecule has 0 spiro atoms. The molecule has 3 aliphatic rings. The first kappa shape index (κ1) is 18.2. The smallest absolute Gasteiger partial charge is 0.311 e. The number of carbonyl (C=O) groups is 2. The molecule has 2 aliphatic carbocycles. The number of carboxylic acids is 1. The number of hydrogen-bond donors (Lipinski definition) is 2. The lowest BCUT2D eigenvalue weighted by atomic mass is 9.70. The van der Waals surface area contributed by atoms with Gasteiger partial charge in [0.15, 0.2) is 0 Å². The largest absolute Gasteiger partial charge is 0.481 e. The lowest BCUT2D eigenvalue weighted by Gasteiger charge is -2.40. The van der Waals surface area contributed by atoms with Crippen LogP contribution in [-0.4, -0.2) is 50.5 Å². The van der Waals surface area contributed by atoms with Gasteiger partial charge < -0.3 is 15.3 Å². The van der Waals surface area contributed by atoms with Gasteiger partial charge in [0.2, 0.25) is 5.91 Å². The number of fused-ring (bicyclic) bond motifs is 1. The van der Waals surface area contributed by atoms with Crippen LogP contribution in [0.1, 0.15) is 57.8 Å². The predicted octanol–water partition coefficient (Wildman–Crippen LogP) is 2.69. The summed E-state index contributed by atoms with van der Waals surface area (Å²) in [5, 5.41) is 13.2. The van der Waals surface area contributed by atoms with Gasteiger partial charge >= 0.3 is 5.97 Å². The van der Waals surface area contributed by atoms with Crippen LogP contribution in [0.4, 0.5) is 5.82 Å². The Kier molecular flexibility index (Phi) is 5.02. The third-order valence-corrected chi connectivity index (χ3v) is 6.86. The molecule has 1 aromatic rings. The Labute approximate surface area is 159 Å². The van der Waals surface area contributed by atoms with Gasteiger partial charge in [0.25, 0.3) is 0 Å². The van der Waals surface area contributed by atoms with Crippen molar-refractivity contribution in [1.82, 2.24) is 14.9 Å². The number of aliphatic carboxylic acids is 1. The molecule has 2 heterocycles. The number of nitrogens with zero attached hydrogens (tertiary/aromatic N) is 3. The lowest BCUT2D eigenvalue weighted by molar-refractivity contribution is -0.154. The van der Waals surface area contributed by atoms with Gasteiger partial charge in [-0.25, -0.2) is 4.98 Å². The predicted molar refractivity (Wildman–Crippen MR) is 100 cm³/mol. The molecule has 0 bridgehead atoms. The van der Waals surface area contributed by atoms with E-state index in [-0.39, 0.29) is 17.9 Å². The summed E-state index contributed by atoms with van der Waals surface area (Å²) in [4.78, 5) is 35.4. The molecule has 3 fully saturated rings. The number of carbonyl (C=O) groups excluding carboxylic acids is 1. The maximum Gasteiger partial charge on any atom is 0.311 e. The summed E-state index contributed by atoms with van der Waals surface area (Å²) in [6.07, 6.45) is 12.7. The van der Waals surface area contributed by atoms with Crippen LogP contribution in [0.2, 0.25) is 0 Å². The molecule has 1 amide bonds. The fourth-order valence-electron chi connectivity index (χ4n) is 5.36. The molecule has 7 nitrogen and oxygen atoms in total. The molecule has 4 rings (SSSR count). The second-order valence-corrected chi connectivity index (χ2v) is 8.29. The standard InChI is InChI=1S/C20H28N4O3/c25-18(24-12-9-20(19(26)27)8-2-1-3-16(20)24)14-4-6-15(7-5-14)23-17-13-21-10-11-22-17/h10-11,13-16H,1-9,12H2,(H,22,23)(H,26,27)/t14?,15?,16-,20+/m0/s1. The highest BCUT2D eigenvalue weighted by Crippen LogP contribution is 2.48. The normalized spacial score (nSPS) is 33.3. The van der Waals surface area contributed by atoms with Gasteiger partial charge in [-0.05, 0) is 44.9 Å². The number of carboxylic acid groups (broad SMARTS) is 1. The van der Waals surface area contributed by atoms with Gasteiger partial charge in [-0.3, -0.25) is 14.6 Å². The van der Waals surface area contributed by atoms with E-state index < -0.39 is 11.4 Å². The van der Waals surface area contributed by atoms with Crippen LogP contribution >= 0.6 is 0 Å². The molecule has 2 N–H and O–H groups in total. The Hall–Kier alpha value is -2.18.